The number of hydrogen-bond donors (Lipinski definition) is 0. The summed E-state index contributed by atoms with van der Waals surface area (Å²) in [6, 6.07) is 12.4. The van der Waals surface area contributed by atoms with Gasteiger partial charge in [0.25, 0.3) is 5.91 Å². The average molecular weight is 387 g/mol. The molecule has 6 heteroatoms. The van der Waals surface area contributed by atoms with Crippen molar-refractivity contribution < 1.29 is 13.9 Å². The Morgan fingerprint density at radius 1 is 1.19 bits per heavy atom. The van der Waals surface area contributed by atoms with E-state index in [9.17, 15) is 4.79 Å². The van der Waals surface area contributed by atoms with Crippen LogP contribution in [0.3, 0.4) is 0 Å². The number of methoxy groups -OCH3 is 1. The maximum Gasteiger partial charge on any atom is 0.289 e. The van der Waals surface area contributed by atoms with E-state index in [1.807, 2.05) is 35.4 Å². The second-order valence-electron chi connectivity index (χ2n) is 7.49. The number of likely N-dealkylation sites (tertiary alicyclic amines) is 2. The molecule has 1 aromatic heterocycles. The topological polar surface area (TPSA) is 45.9 Å². The molecule has 0 N–H and O–H groups in total. The van der Waals surface area contributed by atoms with Crippen LogP contribution in [0.4, 0.5) is 0 Å². The van der Waals surface area contributed by atoms with Crippen LogP contribution in [0.15, 0.2) is 40.8 Å². The number of benzene rings is 1. The van der Waals surface area contributed by atoms with Crippen molar-refractivity contribution in [2.45, 2.75) is 11.8 Å². The Morgan fingerprint density at radius 3 is 2.67 bits per heavy atom. The zero-order valence-electron chi connectivity index (χ0n) is 16.1. The molecule has 0 unspecified atom stereocenters. The molecule has 2 aromatic rings. The molecule has 5 nitrogen and oxygen atoms in total. The first-order valence-corrected chi connectivity index (χ1v) is 10.7. The van der Waals surface area contributed by atoms with Crippen LogP contribution < -0.4 is 4.74 Å². The number of fused-ring (bicyclic) bond motifs is 1. The van der Waals surface area contributed by atoms with Gasteiger partial charge in [-0.25, -0.2) is 0 Å². The van der Waals surface area contributed by atoms with Gasteiger partial charge < -0.3 is 14.1 Å². The average Bonchev–Trinajstić information content (AvgIpc) is 3.36. The lowest BCUT2D eigenvalue weighted by Crippen LogP contribution is -2.33. The number of hydrogen-bond acceptors (Lipinski definition) is 5. The lowest BCUT2D eigenvalue weighted by Gasteiger charge is -2.26. The monoisotopic (exact) mass is 386 g/mol. The van der Waals surface area contributed by atoms with Crippen LogP contribution in [-0.2, 0) is 5.75 Å². The van der Waals surface area contributed by atoms with E-state index in [2.05, 4.69) is 24.1 Å². The summed E-state index contributed by atoms with van der Waals surface area (Å²) >= 11 is 1.69. The first-order valence-electron chi connectivity index (χ1n) is 9.32. The first-order chi connectivity index (χ1) is 13.1. The molecular weight excluding hydrogens is 360 g/mol. The Morgan fingerprint density at radius 2 is 1.96 bits per heavy atom. The van der Waals surface area contributed by atoms with Crippen LogP contribution in [0.1, 0.15) is 27.9 Å². The highest BCUT2D eigenvalue weighted by Gasteiger charge is 2.47. The van der Waals surface area contributed by atoms with Crippen LogP contribution >= 0.6 is 11.8 Å². The second-order valence-corrected chi connectivity index (χ2v) is 8.36. The fourth-order valence-electron chi connectivity index (χ4n) is 4.59. The number of rotatable bonds is 5. The van der Waals surface area contributed by atoms with Crippen LogP contribution in [-0.4, -0.2) is 55.8 Å². The minimum Gasteiger partial charge on any atom is -0.497 e. The van der Waals surface area contributed by atoms with Crippen molar-refractivity contribution in [1.82, 2.24) is 9.80 Å². The molecule has 1 aromatic carbocycles. The van der Waals surface area contributed by atoms with E-state index < -0.39 is 0 Å². The molecule has 0 spiro atoms. The number of furan rings is 1. The molecule has 3 atom stereocenters. The summed E-state index contributed by atoms with van der Waals surface area (Å²) in [4.78, 5) is 17.3. The van der Waals surface area contributed by atoms with Crippen molar-refractivity contribution in [3.05, 3.63) is 53.5 Å². The lowest BCUT2D eigenvalue weighted by atomic mass is 9.89. The van der Waals surface area contributed by atoms with Gasteiger partial charge in [0.05, 0.1) is 12.9 Å². The first kappa shape index (κ1) is 18.4. The number of nitrogens with zero attached hydrogens (tertiary/aromatic N) is 2. The van der Waals surface area contributed by atoms with E-state index in [0.29, 0.717) is 23.6 Å². The van der Waals surface area contributed by atoms with Crippen LogP contribution in [0, 0.1) is 11.8 Å². The summed E-state index contributed by atoms with van der Waals surface area (Å²) in [7, 11) is 3.87. The smallest absolute Gasteiger partial charge is 0.289 e. The molecule has 2 aliphatic heterocycles. The van der Waals surface area contributed by atoms with Crippen molar-refractivity contribution in [3.8, 4) is 5.75 Å². The fourth-order valence-corrected chi connectivity index (χ4v) is 5.03. The highest BCUT2D eigenvalue weighted by atomic mass is 32.2. The van der Waals surface area contributed by atoms with E-state index >= 15 is 0 Å². The third kappa shape index (κ3) is 3.48. The van der Waals surface area contributed by atoms with Gasteiger partial charge in [-0.2, -0.15) is 11.8 Å². The quantitative estimate of drug-likeness (QED) is 0.787. The number of amides is 1. The van der Waals surface area contributed by atoms with Crippen molar-refractivity contribution in [2.24, 2.45) is 11.8 Å². The maximum absolute atomic E-state index is 12.9. The summed E-state index contributed by atoms with van der Waals surface area (Å²) < 4.78 is 11.0. The van der Waals surface area contributed by atoms with Gasteiger partial charge in [0.1, 0.15) is 11.5 Å². The maximum atomic E-state index is 12.9. The zero-order chi connectivity index (χ0) is 19.0. The summed E-state index contributed by atoms with van der Waals surface area (Å²) in [5.74, 6) is 3.98. The molecule has 2 fully saturated rings. The van der Waals surface area contributed by atoms with E-state index in [4.69, 9.17) is 9.15 Å². The molecule has 2 aliphatic rings. The van der Waals surface area contributed by atoms with Gasteiger partial charge >= 0.3 is 0 Å². The van der Waals surface area contributed by atoms with Crippen molar-refractivity contribution in [1.29, 1.82) is 0 Å². The SMILES string of the molecule is COc1ccc([C@H]2[C@@H]3CN(C(=O)c4ccc(CSC)o4)C[C@@H]3CN2C)cc1. The van der Waals surface area contributed by atoms with E-state index in [1.165, 1.54) is 5.56 Å². The number of carbonyl (C=O) groups excluding carboxylic acids is 1. The molecule has 27 heavy (non-hydrogen) atoms. The molecule has 144 valence electrons. The van der Waals surface area contributed by atoms with Gasteiger partial charge in [-0.05, 0) is 49.1 Å². The number of thioether (sulfide) groups is 1. The van der Waals surface area contributed by atoms with Gasteiger partial charge in [0, 0.05) is 31.6 Å². The van der Waals surface area contributed by atoms with Crippen LogP contribution in [0.2, 0.25) is 0 Å². The predicted molar refractivity (Wildman–Crippen MR) is 107 cm³/mol. The van der Waals surface area contributed by atoms with Crippen molar-refractivity contribution in [2.75, 3.05) is 40.0 Å². The van der Waals surface area contributed by atoms with Crippen LogP contribution in [0.25, 0.3) is 0 Å². The molecule has 1 amide bonds. The normalized spacial score (nSPS) is 25.0. The van der Waals surface area contributed by atoms with Gasteiger partial charge in [0.2, 0.25) is 0 Å². The largest absolute Gasteiger partial charge is 0.497 e. The van der Waals surface area contributed by atoms with Crippen molar-refractivity contribution in [3.63, 3.8) is 0 Å². The Balaban J connectivity index is 1.49. The fraction of sp³-hybridized carbons (Fsp3) is 0.476. The van der Waals surface area contributed by atoms with Crippen LogP contribution in [0.5, 0.6) is 5.75 Å². The van der Waals surface area contributed by atoms with E-state index in [0.717, 1.165) is 36.9 Å². The minimum atomic E-state index is 0.0212. The molecule has 0 saturated carbocycles. The predicted octanol–water partition coefficient (Wildman–Crippen LogP) is 3.53. The molecular formula is C21H26N2O3S. The summed E-state index contributed by atoms with van der Waals surface area (Å²) in [5, 5.41) is 0. The molecule has 0 bridgehead atoms. The summed E-state index contributed by atoms with van der Waals surface area (Å²) in [6.45, 7) is 2.60. The lowest BCUT2D eigenvalue weighted by molar-refractivity contribution is 0.0735. The summed E-state index contributed by atoms with van der Waals surface area (Å²) in [6.07, 6.45) is 2.03. The number of ether oxygens (including phenoxy) is 1. The van der Waals surface area contributed by atoms with Gasteiger partial charge in [-0.1, -0.05) is 12.1 Å². The van der Waals surface area contributed by atoms with E-state index in [-0.39, 0.29) is 5.91 Å². The third-order valence-electron chi connectivity index (χ3n) is 5.80. The molecule has 4 rings (SSSR count). The van der Waals surface area contributed by atoms with Gasteiger partial charge in [0.15, 0.2) is 5.76 Å². The third-order valence-corrected chi connectivity index (χ3v) is 6.37. The van der Waals surface area contributed by atoms with Gasteiger partial charge in [-0.15, -0.1) is 0 Å². The second kappa shape index (κ2) is 7.60. The Labute approximate surface area is 164 Å². The molecule has 0 aliphatic carbocycles. The highest BCUT2D eigenvalue weighted by molar-refractivity contribution is 7.97. The van der Waals surface area contributed by atoms with E-state index in [1.54, 1.807) is 18.9 Å². The minimum absolute atomic E-state index is 0.0212. The number of carbonyl (C=O) groups is 1. The Hall–Kier alpha value is -1.92. The zero-order valence-corrected chi connectivity index (χ0v) is 16.9. The van der Waals surface area contributed by atoms with Gasteiger partial charge in [-0.3, -0.25) is 9.69 Å². The highest BCUT2D eigenvalue weighted by Crippen LogP contribution is 2.44. The standard InChI is InChI=1S/C21H26N2O3S/c1-22-10-15-11-23(21(24)19-9-8-17(26-19)13-27-3)12-18(15)20(22)14-4-6-16(25-2)7-5-14/h4-9,15,18,20H,10-13H2,1-3H3/t15-,18+,20-/m0/s1. The molecule has 2 saturated heterocycles. The molecule has 3 heterocycles. The Bertz CT molecular complexity index is 804. The molecule has 0 radical (unpaired) electrons. The summed E-state index contributed by atoms with van der Waals surface area (Å²) in [5.41, 5.74) is 1.29. The Kier molecular flexibility index (Phi) is 5.19. The van der Waals surface area contributed by atoms with Crippen molar-refractivity contribution >= 4 is 17.7 Å².